The van der Waals surface area contributed by atoms with Crippen LogP contribution in [0.2, 0.25) is 0 Å². The molecular formula is C19H23N2NaO3. The number of anilines is 1. The van der Waals surface area contributed by atoms with E-state index in [-0.39, 0.29) is 43.6 Å². The first kappa shape index (κ1) is 19.8. The van der Waals surface area contributed by atoms with E-state index in [4.69, 9.17) is 9.84 Å². The van der Waals surface area contributed by atoms with Gasteiger partial charge in [0.1, 0.15) is 11.5 Å². The van der Waals surface area contributed by atoms with Crippen molar-refractivity contribution in [2.24, 2.45) is 0 Å². The third kappa shape index (κ3) is 6.04. The number of ether oxygens (including phenoxy) is 1. The van der Waals surface area contributed by atoms with Crippen LogP contribution in [0, 0.1) is 0 Å². The first-order valence-electron chi connectivity index (χ1n) is 8.24. The van der Waals surface area contributed by atoms with Crippen molar-refractivity contribution in [3.05, 3.63) is 54.6 Å². The predicted octanol–water partition coefficient (Wildman–Crippen LogP) is 0.238. The second-order valence-electron chi connectivity index (χ2n) is 5.94. The monoisotopic (exact) mass is 350 g/mol. The van der Waals surface area contributed by atoms with E-state index < -0.39 is 5.97 Å². The molecule has 0 aliphatic carbocycles. The van der Waals surface area contributed by atoms with E-state index in [0.717, 1.165) is 37.4 Å². The number of carboxylic acids is 1. The predicted molar refractivity (Wildman–Crippen MR) is 94.9 cm³/mol. The molecule has 1 heterocycles. The maximum atomic E-state index is 10.6. The fourth-order valence-corrected chi connectivity index (χ4v) is 2.92. The zero-order valence-electron chi connectivity index (χ0n) is 15.5. The molecule has 2 aromatic carbocycles. The first-order chi connectivity index (χ1) is 11.7. The van der Waals surface area contributed by atoms with Crippen LogP contribution in [0.1, 0.15) is 14.3 Å². The molecule has 0 atom stereocenters. The number of carboxylic acid groups (broad SMARTS) is 1. The van der Waals surface area contributed by atoms with Crippen LogP contribution in [-0.4, -0.2) is 36.8 Å². The molecule has 3 rings (SSSR count). The maximum absolute atomic E-state index is 10.6. The van der Waals surface area contributed by atoms with Crippen molar-refractivity contribution in [3.8, 4) is 11.5 Å². The molecule has 1 fully saturated rings. The summed E-state index contributed by atoms with van der Waals surface area (Å²) in [6, 6.07) is 18.1. The van der Waals surface area contributed by atoms with Crippen molar-refractivity contribution in [1.29, 1.82) is 0 Å². The van der Waals surface area contributed by atoms with Crippen molar-refractivity contribution >= 4 is 11.7 Å². The van der Waals surface area contributed by atoms with Crippen molar-refractivity contribution in [3.63, 3.8) is 0 Å². The van der Waals surface area contributed by atoms with Crippen LogP contribution in [0.5, 0.6) is 11.5 Å². The quantitative estimate of drug-likeness (QED) is 0.731. The van der Waals surface area contributed by atoms with E-state index in [1.54, 1.807) is 0 Å². The number of carbonyl (C=O) groups is 1. The topological polar surface area (TPSA) is 61.8 Å². The fourth-order valence-electron chi connectivity index (χ4n) is 2.92. The Morgan fingerprint density at radius 1 is 1.08 bits per heavy atom. The molecule has 0 saturated carbocycles. The van der Waals surface area contributed by atoms with E-state index in [1.165, 1.54) is 5.69 Å². The summed E-state index contributed by atoms with van der Waals surface area (Å²) in [6.07, 6.45) is 1.91. The molecule has 1 saturated heterocycles. The van der Waals surface area contributed by atoms with Crippen LogP contribution in [0.4, 0.5) is 5.69 Å². The molecule has 2 N–H and O–H groups in total. The van der Waals surface area contributed by atoms with Crippen LogP contribution in [0.3, 0.4) is 0 Å². The summed E-state index contributed by atoms with van der Waals surface area (Å²) >= 11 is 0. The van der Waals surface area contributed by atoms with Gasteiger partial charge in [-0.15, -0.1) is 0 Å². The van der Waals surface area contributed by atoms with Gasteiger partial charge in [-0.2, -0.15) is 0 Å². The molecular weight excluding hydrogens is 327 g/mol. The molecule has 1 aliphatic heterocycles. The van der Waals surface area contributed by atoms with Crippen molar-refractivity contribution in [2.45, 2.75) is 18.9 Å². The second kappa shape index (κ2) is 9.82. The summed E-state index contributed by atoms with van der Waals surface area (Å²) in [7, 11) is 0. The van der Waals surface area contributed by atoms with Gasteiger partial charge < -0.3 is 21.5 Å². The Bertz CT molecular complexity index is 662. The molecule has 1 aliphatic rings. The first-order valence-corrected chi connectivity index (χ1v) is 8.24. The van der Waals surface area contributed by atoms with Gasteiger partial charge in [0.2, 0.25) is 0 Å². The molecule has 0 unspecified atom stereocenters. The van der Waals surface area contributed by atoms with E-state index in [9.17, 15) is 4.79 Å². The SMILES string of the molecule is O=C(O)CNC1CCN(c2ccc(Oc3ccccc3)cc2)CC1.[H-].[Na+]. The van der Waals surface area contributed by atoms with Crippen LogP contribution < -0.4 is 44.5 Å². The van der Waals surface area contributed by atoms with E-state index in [1.807, 2.05) is 42.5 Å². The minimum absolute atomic E-state index is 0. The molecule has 128 valence electrons. The largest absolute Gasteiger partial charge is 1.00 e. The number of piperidine rings is 1. The number of benzene rings is 2. The average molecular weight is 350 g/mol. The van der Waals surface area contributed by atoms with E-state index >= 15 is 0 Å². The number of nitrogens with zero attached hydrogens (tertiary/aromatic N) is 1. The van der Waals surface area contributed by atoms with E-state index in [2.05, 4.69) is 22.3 Å². The minimum atomic E-state index is -0.800. The van der Waals surface area contributed by atoms with Gasteiger partial charge in [0.15, 0.2) is 0 Å². The van der Waals surface area contributed by atoms with Crippen LogP contribution in [0.25, 0.3) is 0 Å². The number of aliphatic carboxylic acids is 1. The molecule has 0 aromatic heterocycles. The Morgan fingerprint density at radius 3 is 2.28 bits per heavy atom. The van der Waals surface area contributed by atoms with Crippen LogP contribution >= 0.6 is 0 Å². The normalized spacial score (nSPS) is 14.6. The standard InChI is InChI=1S/C19H22N2O3.Na.H/c22-19(23)14-20-15-10-12-21(13-11-15)16-6-8-18(9-7-16)24-17-4-2-1-3-5-17;;/h1-9,15,20H,10-14H2,(H,22,23);;/q;+1;-1. The number of hydrogen-bond donors (Lipinski definition) is 2. The van der Waals surface area contributed by atoms with Gasteiger partial charge in [-0.25, -0.2) is 0 Å². The zero-order valence-corrected chi connectivity index (χ0v) is 16.5. The van der Waals surface area contributed by atoms with Gasteiger partial charge in [-0.05, 0) is 49.2 Å². The number of rotatable bonds is 6. The second-order valence-corrected chi connectivity index (χ2v) is 5.94. The smallest absolute Gasteiger partial charge is 1.00 e. The van der Waals surface area contributed by atoms with Crippen molar-refractivity contribution in [1.82, 2.24) is 5.32 Å². The molecule has 6 heteroatoms. The third-order valence-electron chi connectivity index (χ3n) is 4.22. The third-order valence-corrected chi connectivity index (χ3v) is 4.22. The van der Waals surface area contributed by atoms with Gasteiger partial charge >= 0.3 is 35.5 Å². The molecule has 0 bridgehead atoms. The summed E-state index contributed by atoms with van der Waals surface area (Å²) in [5.74, 6) is 0.852. The Hall–Kier alpha value is -1.53. The van der Waals surface area contributed by atoms with Gasteiger partial charge in [0, 0.05) is 24.8 Å². The molecule has 5 nitrogen and oxygen atoms in total. The average Bonchev–Trinajstić information content (AvgIpc) is 2.62. The number of hydrogen-bond acceptors (Lipinski definition) is 4. The van der Waals surface area contributed by atoms with Crippen LogP contribution in [-0.2, 0) is 4.79 Å². The van der Waals surface area contributed by atoms with Gasteiger partial charge in [-0.3, -0.25) is 4.79 Å². The summed E-state index contributed by atoms with van der Waals surface area (Å²) in [4.78, 5) is 12.9. The Balaban J connectivity index is 0.00000169. The number of para-hydroxylation sites is 1. The van der Waals surface area contributed by atoms with Crippen molar-refractivity contribution in [2.75, 3.05) is 24.5 Å². The van der Waals surface area contributed by atoms with Gasteiger partial charge in [-0.1, -0.05) is 18.2 Å². The van der Waals surface area contributed by atoms with E-state index in [0.29, 0.717) is 0 Å². The van der Waals surface area contributed by atoms with Gasteiger partial charge in [0.05, 0.1) is 6.54 Å². The zero-order chi connectivity index (χ0) is 16.8. The Morgan fingerprint density at radius 2 is 1.68 bits per heavy atom. The Kier molecular flexibility index (Phi) is 7.78. The maximum Gasteiger partial charge on any atom is 1.00 e. The molecule has 0 amide bonds. The Labute approximate surface area is 171 Å². The molecule has 0 spiro atoms. The minimum Gasteiger partial charge on any atom is -1.00 e. The summed E-state index contributed by atoms with van der Waals surface area (Å²) < 4.78 is 5.81. The molecule has 0 radical (unpaired) electrons. The van der Waals surface area contributed by atoms with Crippen molar-refractivity contribution < 1.29 is 45.6 Å². The number of nitrogens with one attached hydrogen (secondary N) is 1. The molecule has 25 heavy (non-hydrogen) atoms. The summed E-state index contributed by atoms with van der Waals surface area (Å²) in [5.41, 5.74) is 1.17. The molecule has 2 aromatic rings. The van der Waals surface area contributed by atoms with Crippen LogP contribution in [0.15, 0.2) is 54.6 Å². The van der Waals surface area contributed by atoms with Gasteiger partial charge in [0.25, 0.3) is 0 Å². The fraction of sp³-hybridized carbons (Fsp3) is 0.316. The summed E-state index contributed by atoms with van der Waals surface area (Å²) in [6.45, 7) is 1.89. The summed E-state index contributed by atoms with van der Waals surface area (Å²) in [5, 5.41) is 11.8.